The molecule has 2 aromatic carbocycles. The predicted molar refractivity (Wildman–Crippen MR) is 115 cm³/mol. The van der Waals surface area contributed by atoms with Crippen molar-refractivity contribution in [3.05, 3.63) is 65.9 Å². The van der Waals surface area contributed by atoms with Gasteiger partial charge in [-0.05, 0) is 61.4 Å². The quantitative estimate of drug-likeness (QED) is 0.379. The maximum absolute atomic E-state index is 12.4. The summed E-state index contributed by atoms with van der Waals surface area (Å²) in [4.78, 5) is 29.1. The second-order valence-corrected chi connectivity index (χ2v) is 6.70. The van der Waals surface area contributed by atoms with Crippen molar-refractivity contribution in [2.45, 2.75) is 26.4 Å². The molecule has 0 spiro atoms. The first-order valence-electron chi connectivity index (χ1n) is 10.0. The van der Waals surface area contributed by atoms with Gasteiger partial charge in [0.2, 0.25) is 0 Å². The molecule has 0 aliphatic carbocycles. The fourth-order valence-electron chi connectivity index (χ4n) is 3.08. The van der Waals surface area contributed by atoms with Crippen molar-refractivity contribution in [2.75, 3.05) is 20.3 Å². The summed E-state index contributed by atoms with van der Waals surface area (Å²) in [5.41, 5.74) is 2.13. The highest BCUT2D eigenvalue weighted by Crippen LogP contribution is 2.26. The molecule has 0 fully saturated rings. The van der Waals surface area contributed by atoms with Crippen LogP contribution < -0.4 is 9.47 Å². The Labute approximate surface area is 180 Å². The SMILES string of the molecule is CCOC(=O)C(C(=O)OCC)c1cnc2ccc(OCc3ccc(OC)cc3)cc2c1. The fraction of sp³-hybridized carbons (Fsp3) is 0.292. The summed E-state index contributed by atoms with van der Waals surface area (Å²) < 4.78 is 21.2. The van der Waals surface area contributed by atoms with Gasteiger partial charge in [-0.2, -0.15) is 0 Å². The second kappa shape index (κ2) is 10.4. The molecule has 31 heavy (non-hydrogen) atoms. The largest absolute Gasteiger partial charge is 0.497 e. The van der Waals surface area contributed by atoms with E-state index in [1.807, 2.05) is 42.5 Å². The van der Waals surface area contributed by atoms with Gasteiger partial charge in [0, 0.05) is 11.6 Å². The lowest BCUT2D eigenvalue weighted by atomic mass is 9.99. The lowest BCUT2D eigenvalue weighted by Gasteiger charge is -2.15. The third kappa shape index (κ3) is 5.51. The molecule has 1 heterocycles. The van der Waals surface area contributed by atoms with Crippen molar-refractivity contribution in [1.82, 2.24) is 4.98 Å². The average molecular weight is 423 g/mol. The Balaban J connectivity index is 1.83. The Kier molecular flexibility index (Phi) is 7.43. The first-order valence-corrected chi connectivity index (χ1v) is 10.0. The number of benzene rings is 2. The number of pyridine rings is 1. The van der Waals surface area contributed by atoms with Crippen molar-refractivity contribution in [3.63, 3.8) is 0 Å². The number of hydrogen-bond acceptors (Lipinski definition) is 7. The van der Waals surface area contributed by atoms with Crippen molar-refractivity contribution in [3.8, 4) is 11.5 Å². The van der Waals surface area contributed by atoms with E-state index in [1.165, 1.54) is 6.20 Å². The lowest BCUT2D eigenvalue weighted by molar-refractivity contribution is -0.156. The molecule has 0 bridgehead atoms. The van der Waals surface area contributed by atoms with Gasteiger partial charge in [-0.3, -0.25) is 14.6 Å². The Bertz CT molecular complexity index is 1030. The number of ether oxygens (including phenoxy) is 4. The van der Waals surface area contributed by atoms with Crippen LogP contribution in [0.15, 0.2) is 54.7 Å². The van der Waals surface area contributed by atoms with Gasteiger partial charge in [-0.1, -0.05) is 12.1 Å². The topological polar surface area (TPSA) is 84.0 Å². The molecule has 0 saturated heterocycles. The second-order valence-electron chi connectivity index (χ2n) is 6.70. The number of methoxy groups -OCH3 is 1. The van der Waals surface area contributed by atoms with Gasteiger partial charge in [0.15, 0.2) is 5.92 Å². The number of hydrogen-bond donors (Lipinski definition) is 0. The van der Waals surface area contributed by atoms with E-state index in [1.54, 1.807) is 27.0 Å². The van der Waals surface area contributed by atoms with Gasteiger partial charge >= 0.3 is 11.9 Å². The van der Waals surface area contributed by atoms with E-state index in [0.29, 0.717) is 23.4 Å². The molecular weight excluding hydrogens is 398 g/mol. The number of carbonyl (C=O) groups excluding carboxylic acids is 2. The first-order chi connectivity index (χ1) is 15.0. The maximum Gasteiger partial charge on any atom is 0.324 e. The van der Waals surface area contributed by atoms with Crippen LogP contribution in [-0.2, 0) is 25.7 Å². The fourth-order valence-corrected chi connectivity index (χ4v) is 3.08. The zero-order valence-corrected chi connectivity index (χ0v) is 17.8. The maximum atomic E-state index is 12.4. The normalized spacial score (nSPS) is 10.7. The van der Waals surface area contributed by atoms with Crippen LogP contribution in [0.1, 0.15) is 30.9 Å². The van der Waals surface area contributed by atoms with Gasteiger partial charge in [-0.15, -0.1) is 0 Å². The smallest absolute Gasteiger partial charge is 0.324 e. The van der Waals surface area contributed by atoms with Crippen molar-refractivity contribution < 1.29 is 28.5 Å². The number of esters is 2. The van der Waals surface area contributed by atoms with Crippen LogP contribution >= 0.6 is 0 Å². The van der Waals surface area contributed by atoms with Gasteiger partial charge in [-0.25, -0.2) is 0 Å². The van der Waals surface area contributed by atoms with E-state index in [9.17, 15) is 9.59 Å². The van der Waals surface area contributed by atoms with Crippen LogP contribution in [0.4, 0.5) is 0 Å². The molecule has 0 N–H and O–H groups in total. The van der Waals surface area contributed by atoms with E-state index >= 15 is 0 Å². The van der Waals surface area contributed by atoms with Gasteiger partial charge in [0.05, 0.1) is 25.8 Å². The average Bonchev–Trinajstić information content (AvgIpc) is 2.78. The molecule has 0 aliphatic heterocycles. The van der Waals surface area contributed by atoms with Crippen LogP contribution in [0.2, 0.25) is 0 Å². The van der Waals surface area contributed by atoms with E-state index in [4.69, 9.17) is 18.9 Å². The predicted octanol–water partition coefficient (Wildman–Crippen LogP) is 4.03. The molecule has 7 nitrogen and oxygen atoms in total. The highest BCUT2D eigenvalue weighted by molar-refractivity contribution is 6.01. The molecule has 3 rings (SSSR count). The Morgan fingerprint density at radius 2 is 1.55 bits per heavy atom. The summed E-state index contributed by atoms with van der Waals surface area (Å²) in [5, 5.41) is 0.739. The van der Waals surface area contributed by atoms with E-state index in [0.717, 1.165) is 16.7 Å². The minimum absolute atomic E-state index is 0.166. The zero-order valence-electron chi connectivity index (χ0n) is 17.8. The number of nitrogens with zero attached hydrogens (tertiary/aromatic N) is 1. The summed E-state index contributed by atoms with van der Waals surface area (Å²) in [6, 6.07) is 14.8. The van der Waals surface area contributed by atoms with E-state index in [2.05, 4.69) is 4.98 Å². The van der Waals surface area contributed by atoms with Crippen LogP contribution in [0.3, 0.4) is 0 Å². The molecule has 0 saturated carbocycles. The standard InChI is InChI=1S/C24H25NO6/c1-4-29-23(26)22(24(27)30-5-2)18-12-17-13-20(10-11-21(17)25-14-18)31-15-16-6-8-19(28-3)9-7-16/h6-14,22H,4-5,15H2,1-3H3. The summed E-state index contributed by atoms with van der Waals surface area (Å²) in [6.07, 6.45) is 1.50. The Hall–Kier alpha value is -3.61. The molecule has 0 amide bonds. The van der Waals surface area contributed by atoms with Gasteiger partial charge in [0.25, 0.3) is 0 Å². The molecular formula is C24H25NO6. The zero-order chi connectivity index (χ0) is 22.2. The molecule has 3 aromatic rings. The summed E-state index contributed by atoms with van der Waals surface area (Å²) in [6.45, 7) is 4.09. The van der Waals surface area contributed by atoms with E-state index in [-0.39, 0.29) is 13.2 Å². The number of carbonyl (C=O) groups is 2. The third-order valence-corrected chi connectivity index (χ3v) is 4.62. The molecule has 1 aromatic heterocycles. The summed E-state index contributed by atoms with van der Waals surface area (Å²) in [7, 11) is 1.62. The molecule has 162 valence electrons. The third-order valence-electron chi connectivity index (χ3n) is 4.62. The van der Waals surface area contributed by atoms with Crippen LogP contribution in [0, 0.1) is 0 Å². The first kappa shape index (κ1) is 22.1. The number of rotatable bonds is 9. The van der Waals surface area contributed by atoms with Gasteiger partial charge < -0.3 is 18.9 Å². The van der Waals surface area contributed by atoms with Crippen LogP contribution in [-0.4, -0.2) is 37.2 Å². The lowest BCUT2D eigenvalue weighted by Crippen LogP contribution is -2.26. The van der Waals surface area contributed by atoms with Crippen LogP contribution in [0.5, 0.6) is 11.5 Å². The Morgan fingerprint density at radius 3 is 2.16 bits per heavy atom. The summed E-state index contributed by atoms with van der Waals surface area (Å²) in [5.74, 6) is -1.07. The molecule has 0 radical (unpaired) electrons. The van der Waals surface area contributed by atoms with Crippen molar-refractivity contribution in [1.29, 1.82) is 0 Å². The van der Waals surface area contributed by atoms with Gasteiger partial charge in [0.1, 0.15) is 18.1 Å². The van der Waals surface area contributed by atoms with Crippen LogP contribution in [0.25, 0.3) is 10.9 Å². The van der Waals surface area contributed by atoms with Crippen molar-refractivity contribution in [2.24, 2.45) is 0 Å². The number of fused-ring (bicyclic) bond motifs is 1. The summed E-state index contributed by atoms with van der Waals surface area (Å²) >= 11 is 0. The van der Waals surface area contributed by atoms with E-state index < -0.39 is 17.9 Å². The van der Waals surface area contributed by atoms with Crippen molar-refractivity contribution >= 4 is 22.8 Å². The molecule has 0 atom stereocenters. The highest BCUT2D eigenvalue weighted by atomic mass is 16.6. The molecule has 0 aliphatic rings. The minimum Gasteiger partial charge on any atom is -0.497 e. The molecule has 0 unspecified atom stereocenters. The number of aromatic nitrogens is 1. The monoisotopic (exact) mass is 423 g/mol. The Morgan fingerprint density at radius 1 is 0.903 bits per heavy atom. The highest BCUT2D eigenvalue weighted by Gasteiger charge is 2.32. The minimum atomic E-state index is -1.18. The molecule has 7 heteroatoms.